The number of methoxy groups -OCH3 is 1. The van der Waals surface area contributed by atoms with Gasteiger partial charge in [-0.2, -0.15) is 0 Å². The second-order valence-electron chi connectivity index (χ2n) is 3.89. The number of rotatable bonds is 4. The molecule has 16 heavy (non-hydrogen) atoms. The summed E-state index contributed by atoms with van der Waals surface area (Å²) in [7, 11) is 3.68. The lowest BCUT2D eigenvalue weighted by atomic mass is 10.0. The minimum atomic E-state index is 0.120. The smallest absolute Gasteiger partial charge is 0.0945 e. The van der Waals surface area contributed by atoms with Crippen LogP contribution in [0.3, 0.4) is 0 Å². The number of hydrogen-bond acceptors (Lipinski definition) is 2. The van der Waals surface area contributed by atoms with E-state index in [0.29, 0.717) is 0 Å². The standard InChI is InChI=1S/C14H17NO/c1-15-10-14(16-2)13-8-7-11-5-3-4-6-12(11)9-13/h3-9,14-15H,10H2,1-2H3/t14-/m0/s1. The summed E-state index contributed by atoms with van der Waals surface area (Å²) < 4.78 is 5.46. The monoisotopic (exact) mass is 215 g/mol. The van der Waals surface area contributed by atoms with Crippen molar-refractivity contribution in [2.45, 2.75) is 6.10 Å². The minimum Gasteiger partial charge on any atom is -0.375 e. The Bertz CT molecular complexity index is 467. The van der Waals surface area contributed by atoms with E-state index >= 15 is 0 Å². The molecule has 2 rings (SSSR count). The van der Waals surface area contributed by atoms with Crippen LogP contribution in [0.5, 0.6) is 0 Å². The molecule has 2 aromatic carbocycles. The van der Waals surface area contributed by atoms with E-state index in [-0.39, 0.29) is 6.10 Å². The first-order valence-corrected chi connectivity index (χ1v) is 5.51. The molecule has 0 heterocycles. The van der Waals surface area contributed by atoms with Crippen molar-refractivity contribution in [3.63, 3.8) is 0 Å². The van der Waals surface area contributed by atoms with Crippen LogP contribution >= 0.6 is 0 Å². The molecule has 2 nitrogen and oxygen atoms in total. The second-order valence-corrected chi connectivity index (χ2v) is 3.89. The number of benzene rings is 2. The normalized spacial score (nSPS) is 12.9. The molecular weight excluding hydrogens is 198 g/mol. The molecule has 1 atom stereocenters. The van der Waals surface area contributed by atoms with Gasteiger partial charge in [0, 0.05) is 13.7 Å². The Morgan fingerprint density at radius 1 is 1.12 bits per heavy atom. The highest BCUT2D eigenvalue weighted by Gasteiger charge is 2.09. The van der Waals surface area contributed by atoms with Crippen LogP contribution < -0.4 is 5.32 Å². The predicted octanol–water partition coefficient (Wildman–Crippen LogP) is 2.75. The first-order valence-electron chi connectivity index (χ1n) is 5.51. The van der Waals surface area contributed by atoms with Gasteiger partial charge in [0.15, 0.2) is 0 Å². The lowest BCUT2D eigenvalue weighted by Crippen LogP contribution is -2.18. The lowest BCUT2D eigenvalue weighted by Gasteiger charge is -2.15. The van der Waals surface area contributed by atoms with Gasteiger partial charge in [-0.15, -0.1) is 0 Å². The van der Waals surface area contributed by atoms with Crippen molar-refractivity contribution < 1.29 is 4.74 Å². The maximum atomic E-state index is 5.46. The van der Waals surface area contributed by atoms with Crippen LogP contribution in [0.1, 0.15) is 11.7 Å². The summed E-state index contributed by atoms with van der Waals surface area (Å²) in [5.41, 5.74) is 1.22. The number of hydrogen-bond donors (Lipinski definition) is 1. The first kappa shape index (κ1) is 11.1. The molecule has 0 aliphatic rings. The van der Waals surface area contributed by atoms with Crippen LogP contribution in [-0.2, 0) is 4.74 Å². The molecular formula is C14H17NO. The third-order valence-corrected chi connectivity index (χ3v) is 2.82. The topological polar surface area (TPSA) is 21.3 Å². The van der Waals surface area contributed by atoms with Crippen molar-refractivity contribution in [1.82, 2.24) is 5.32 Å². The van der Waals surface area contributed by atoms with Gasteiger partial charge in [-0.25, -0.2) is 0 Å². The lowest BCUT2D eigenvalue weighted by molar-refractivity contribution is 0.104. The van der Waals surface area contributed by atoms with Gasteiger partial charge in [-0.1, -0.05) is 36.4 Å². The Morgan fingerprint density at radius 3 is 2.56 bits per heavy atom. The SMILES string of the molecule is CNC[C@H](OC)c1ccc2ccccc2c1. The number of nitrogens with one attached hydrogen (secondary N) is 1. The van der Waals surface area contributed by atoms with Gasteiger partial charge >= 0.3 is 0 Å². The molecule has 0 spiro atoms. The Hall–Kier alpha value is -1.38. The first-order chi connectivity index (χ1) is 7.85. The minimum absolute atomic E-state index is 0.120. The van der Waals surface area contributed by atoms with Crippen molar-refractivity contribution in [2.75, 3.05) is 20.7 Å². The van der Waals surface area contributed by atoms with E-state index in [9.17, 15) is 0 Å². The maximum absolute atomic E-state index is 5.46. The molecule has 0 unspecified atom stereocenters. The van der Waals surface area contributed by atoms with Crippen LogP contribution in [0.25, 0.3) is 10.8 Å². The van der Waals surface area contributed by atoms with E-state index in [1.165, 1.54) is 16.3 Å². The summed E-state index contributed by atoms with van der Waals surface area (Å²) in [6, 6.07) is 14.8. The van der Waals surface area contributed by atoms with Gasteiger partial charge in [-0.3, -0.25) is 0 Å². The molecule has 0 fully saturated rings. The molecule has 0 aromatic heterocycles. The third kappa shape index (κ3) is 2.23. The van der Waals surface area contributed by atoms with Gasteiger partial charge in [0.2, 0.25) is 0 Å². The number of ether oxygens (including phenoxy) is 1. The molecule has 2 heteroatoms. The summed E-state index contributed by atoms with van der Waals surface area (Å²) in [5.74, 6) is 0. The number of likely N-dealkylation sites (N-methyl/N-ethyl adjacent to an activating group) is 1. The molecule has 0 bridgehead atoms. The fourth-order valence-electron chi connectivity index (χ4n) is 1.93. The quantitative estimate of drug-likeness (QED) is 0.846. The summed E-state index contributed by atoms with van der Waals surface area (Å²) in [5, 5.41) is 5.67. The van der Waals surface area contributed by atoms with Gasteiger partial charge in [-0.05, 0) is 29.4 Å². The van der Waals surface area contributed by atoms with Crippen LogP contribution in [0, 0.1) is 0 Å². The van der Waals surface area contributed by atoms with Crippen LogP contribution in [0.4, 0.5) is 0 Å². The summed E-state index contributed by atoms with van der Waals surface area (Å²) in [4.78, 5) is 0. The van der Waals surface area contributed by atoms with Gasteiger partial charge in [0.25, 0.3) is 0 Å². The van der Waals surface area contributed by atoms with Crippen molar-refractivity contribution >= 4 is 10.8 Å². The van der Waals surface area contributed by atoms with Crippen LogP contribution in [0.2, 0.25) is 0 Å². The van der Waals surface area contributed by atoms with E-state index in [4.69, 9.17) is 4.74 Å². The number of fused-ring (bicyclic) bond motifs is 1. The van der Waals surface area contributed by atoms with Gasteiger partial charge < -0.3 is 10.1 Å². The summed E-state index contributed by atoms with van der Waals surface area (Å²) >= 11 is 0. The molecule has 2 aromatic rings. The van der Waals surface area contributed by atoms with Crippen molar-refractivity contribution in [3.05, 3.63) is 48.0 Å². The molecule has 0 saturated carbocycles. The average molecular weight is 215 g/mol. The second kappa shape index (κ2) is 5.10. The fourth-order valence-corrected chi connectivity index (χ4v) is 1.93. The zero-order valence-electron chi connectivity index (χ0n) is 9.73. The Kier molecular flexibility index (Phi) is 3.54. The van der Waals surface area contributed by atoms with Crippen LogP contribution in [-0.4, -0.2) is 20.7 Å². The largest absolute Gasteiger partial charge is 0.375 e. The molecule has 1 N–H and O–H groups in total. The van der Waals surface area contributed by atoms with Crippen molar-refractivity contribution in [3.8, 4) is 0 Å². The van der Waals surface area contributed by atoms with E-state index in [0.717, 1.165) is 6.54 Å². The molecule has 0 saturated heterocycles. The summed E-state index contributed by atoms with van der Waals surface area (Å²) in [6.45, 7) is 0.828. The van der Waals surface area contributed by atoms with Gasteiger partial charge in [0.1, 0.15) is 0 Å². The highest BCUT2D eigenvalue weighted by Crippen LogP contribution is 2.21. The highest BCUT2D eigenvalue weighted by atomic mass is 16.5. The Morgan fingerprint density at radius 2 is 1.88 bits per heavy atom. The fraction of sp³-hybridized carbons (Fsp3) is 0.286. The summed E-state index contributed by atoms with van der Waals surface area (Å²) in [6.07, 6.45) is 0.120. The van der Waals surface area contributed by atoms with E-state index < -0.39 is 0 Å². The molecule has 0 aliphatic heterocycles. The van der Waals surface area contributed by atoms with E-state index in [2.05, 4.69) is 47.8 Å². The molecule has 84 valence electrons. The maximum Gasteiger partial charge on any atom is 0.0945 e. The third-order valence-electron chi connectivity index (χ3n) is 2.82. The molecule has 0 radical (unpaired) electrons. The van der Waals surface area contributed by atoms with E-state index in [1.54, 1.807) is 7.11 Å². The Balaban J connectivity index is 2.37. The Labute approximate surface area is 96.2 Å². The molecule has 0 amide bonds. The van der Waals surface area contributed by atoms with E-state index in [1.807, 2.05) is 7.05 Å². The zero-order valence-corrected chi connectivity index (χ0v) is 9.73. The molecule has 0 aliphatic carbocycles. The van der Waals surface area contributed by atoms with Gasteiger partial charge in [0.05, 0.1) is 6.10 Å². The predicted molar refractivity (Wildman–Crippen MR) is 67.6 cm³/mol. The van der Waals surface area contributed by atoms with Crippen molar-refractivity contribution in [2.24, 2.45) is 0 Å². The highest BCUT2D eigenvalue weighted by molar-refractivity contribution is 5.83. The van der Waals surface area contributed by atoms with Crippen molar-refractivity contribution in [1.29, 1.82) is 0 Å². The van der Waals surface area contributed by atoms with Crippen LogP contribution in [0.15, 0.2) is 42.5 Å². The zero-order chi connectivity index (χ0) is 11.4. The average Bonchev–Trinajstić information content (AvgIpc) is 2.35.